The summed E-state index contributed by atoms with van der Waals surface area (Å²) < 4.78 is 24.9. The molecule has 0 aromatic heterocycles. The summed E-state index contributed by atoms with van der Waals surface area (Å²) in [4.78, 5) is 23.4. The number of primary amides is 1. The molecule has 0 radical (unpaired) electrons. The number of amides is 3. The second-order valence-electron chi connectivity index (χ2n) is 5.61. The van der Waals surface area contributed by atoms with Crippen LogP contribution in [-0.2, 0) is 9.84 Å². The quantitative estimate of drug-likeness (QED) is 0.758. The van der Waals surface area contributed by atoms with Gasteiger partial charge in [0.1, 0.15) is 0 Å². The average Bonchev–Trinajstić information content (AvgIpc) is 2.54. The number of hydrogen-bond acceptors (Lipinski definition) is 4. The third kappa shape index (κ3) is 4.36. The maximum atomic E-state index is 12.6. The maximum Gasteiger partial charge on any atom is 0.316 e. The third-order valence-corrected chi connectivity index (χ3v) is 5.66. The molecule has 0 aliphatic carbocycles. The number of sulfone groups is 1. The number of carbonyl (C=O) groups is 2. The van der Waals surface area contributed by atoms with Crippen molar-refractivity contribution in [2.45, 2.75) is 24.0 Å². The van der Waals surface area contributed by atoms with Gasteiger partial charge in [0.2, 0.25) is 0 Å². The van der Waals surface area contributed by atoms with E-state index in [1.807, 2.05) is 0 Å². The van der Waals surface area contributed by atoms with E-state index in [1.54, 1.807) is 44.2 Å². The molecule has 4 N–H and O–H groups in total. The summed E-state index contributed by atoms with van der Waals surface area (Å²) in [5, 5.41) is 4.38. The highest BCUT2D eigenvalue weighted by Crippen LogP contribution is 2.22. The van der Waals surface area contributed by atoms with Gasteiger partial charge in [0.15, 0.2) is 9.84 Å². The molecule has 3 amide bonds. The first-order chi connectivity index (χ1) is 11.7. The summed E-state index contributed by atoms with van der Waals surface area (Å²) in [5.41, 5.74) is 5.93. The monoisotopic (exact) mass is 361 g/mol. The van der Waals surface area contributed by atoms with E-state index in [0.717, 1.165) is 0 Å². The van der Waals surface area contributed by atoms with Gasteiger partial charge in [0.25, 0.3) is 5.91 Å². The fourth-order valence-electron chi connectivity index (χ4n) is 2.17. The first kappa shape index (κ1) is 18.5. The van der Waals surface area contributed by atoms with Crippen molar-refractivity contribution in [3.63, 3.8) is 0 Å². The molecule has 2 aromatic carbocycles. The minimum atomic E-state index is -3.60. The van der Waals surface area contributed by atoms with Crippen molar-refractivity contribution in [1.29, 1.82) is 0 Å². The highest BCUT2D eigenvalue weighted by atomic mass is 32.2. The summed E-state index contributed by atoms with van der Waals surface area (Å²) in [5.74, 6) is -0.559. The first-order valence-corrected chi connectivity index (χ1v) is 9.07. The van der Waals surface area contributed by atoms with Gasteiger partial charge in [-0.2, -0.15) is 0 Å². The lowest BCUT2D eigenvalue weighted by Crippen LogP contribution is -2.21. The highest BCUT2D eigenvalue weighted by molar-refractivity contribution is 7.92. The van der Waals surface area contributed by atoms with Crippen LogP contribution in [0.3, 0.4) is 0 Å². The molecule has 25 heavy (non-hydrogen) atoms. The van der Waals surface area contributed by atoms with Crippen LogP contribution >= 0.6 is 0 Å². The second kappa shape index (κ2) is 7.35. The molecule has 0 unspecified atom stereocenters. The van der Waals surface area contributed by atoms with Gasteiger partial charge in [-0.25, -0.2) is 13.2 Å². The molecule has 0 bridgehead atoms. The smallest absolute Gasteiger partial charge is 0.316 e. The Bertz CT molecular complexity index is 908. The molecular formula is C17H19N3O4S. The SMILES string of the molecule is CC(C)S(=O)(=O)c1ccccc1C(=O)Nc1cccc(NC(N)=O)c1. The zero-order chi connectivity index (χ0) is 18.6. The minimum Gasteiger partial charge on any atom is -0.351 e. The zero-order valence-corrected chi connectivity index (χ0v) is 14.6. The van der Waals surface area contributed by atoms with Crippen LogP contribution in [0.5, 0.6) is 0 Å². The molecule has 0 saturated heterocycles. The largest absolute Gasteiger partial charge is 0.351 e. The van der Waals surface area contributed by atoms with Gasteiger partial charge in [-0.1, -0.05) is 18.2 Å². The van der Waals surface area contributed by atoms with E-state index in [1.165, 1.54) is 18.2 Å². The number of carbonyl (C=O) groups excluding carboxylic acids is 2. The van der Waals surface area contributed by atoms with Crippen LogP contribution in [0, 0.1) is 0 Å². The molecule has 0 fully saturated rings. The standard InChI is InChI=1S/C17H19N3O4S/c1-11(2)25(23,24)15-9-4-3-8-14(15)16(21)19-12-6-5-7-13(10-12)20-17(18)22/h3-11H,1-2H3,(H,19,21)(H3,18,20,22). The number of nitrogens with one attached hydrogen (secondary N) is 2. The Balaban J connectivity index is 2.33. The van der Waals surface area contributed by atoms with Crippen molar-refractivity contribution in [3.8, 4) is 0 Å². The predicted octanol–water partition coefficient (Wildman–Crippen LogP) is 2.61. The van der Waals surface area contributed by atoms with Gasteiger partial charge in [0, 0.05) is 11.4 Å². The predicted molar refractivity (Wildman–Crippen MR) is 96.4 cm³/mol. The van der Waals surface area contributed by atoms with Crippen LogP contribution in [0.25, 0.3) is 0 Å². The molecule has 0 atom stereocenters. The Kier molecular flexibility index (Phi) is 5.43. The lowest BCUT2D eigenvalue weighted by Gasteiger charge is -2.13. The van der Waals surface area contributed by atoms with Crippen molar-refractivity contribution in [2.24, 2.45) is 5.73 Å². The van der Waals surface area contributed by atoms with Crippen LogP contribution in [-0.4, -0.2) is 25.6 Å². The Morgan fingerprint density at radius 1 is 0.960 bits per heavy atom. The van der Waals surface area contributed by atoms with Crippen molar-refractivity contribution in [3.05, 3.63) is 54.1 Å². The van der Waals surface area contributed by atoms with Gasteiger partial charge < -0.3 is 16.4 Å². The van der Waals surface area contributed by atoms with Gasteiger partial charge in [-0.3, -0.25) is 4.79 Å². The molecule has 0 spiro atoms. The fourth-order valence-corrected chi connectivity index (χ4v) is 3.42. The van der Waals surface area contributed by atoms with Gasteiger partial charge in [0.05, 0.1) is 15.7 Å². The summed E-state index contributed by atoms with van der Waals surface area (Å²) in [6.07, 6.45) is 0. The van der Waals surface area contributed by atoms with E-state index in [4.69, 9.17) is 5.73 Å². The molecule has 0 saturated carbocycles. The summed E-state index contributed by atoms with van der Waals surface area (Å²) in [6, 6.07) is 11.7. The van der Waals surface area contributed by atoms with Gasteiger partial charge in [-0.05, 0) is 44.2 Å². The van der Waals surface area contributed by atoms with E-state index >= 15 is 0 Å². The maximum absolute atomic E-state index is 12.6. The normalized spacial score (nSPS) is 11.2. The Morgan fingerprint density at radius 2 is 1.56 bits per heavy atom. The molecule has 132 valence electrons. The first-order valence-electron chi connectivity index (χ1n) is 7.52. The molecule has 2 rings (SSSR count). The van der Waals surface area contributed by atoms with E-state index < -0.39 is 27.0 Å². The van der Waals surface area contributed by atoms with E-state index in [9.17, 15) is 18.0 Å². The fraction of sp³-hybridized carbons (Fsp3) is 0.176. The van der Waals surface area contributed by atoms with Crippen LogP contribution in [0.1, 0.15) is 24.2 Å². The topological polar surface area (TPSA) is 118 Å². The number of nitrogens with two attached hydrogens (primary N) is 1. The number of anilines is 2. The van der Waals surface area contributed by atoms with Crippen molar-refractivity contribution in [2.75, 3.05) is 10.6 Å². The summed E-state index contributed by atoms with van der Waals surface area (Å²) in [7, 11) is -3.60. The zero-order valence-electron chi connectivity index (χ0n) is 13.8. The Hall–Kier alpha value is -2.87. The van der Waals surface area contributed by atoms with Gasteiger partial charge in [-0.15, -0.1) is 0 Å². The number of rotatable bonds is 5. The third-order valence-electron chi connectivity index (χ3n) is 3.45. The van der Waals surface area contributed by atoms with Gasteiger partial charge >= 0.3 is 6.03 Å². The summed E-state index contributed by atoms with van der Waals surface area (Å²) in [6.45, 7) is 3.12. The van der Waals surface area contributed by atoms with Crippen LogP contribution in [0.2, 0.25) is 0 Å². The van der Waals surface area contributed by atoms with Crippen LogP contribution < -0.4 is 16.4 Å². The molecular weight excluding hydrogens is 342 g/mol. The summed E-state index contributed by atoms with van der Waals surface area (Å²) >= 11 is 0. The van der Waals surface area contributed by atoms with E-state index in [2.05, 4.69) is 10.6 Å². The minimum absolute atomic E-state index is 0.0195. The second-order valence-corrected chi connectivity index (χ2v) is 8.09. The van der Waals surface area contributed by atoms with Crippen molar-refractivity contribution >= 4 is 33.2 Å². The molecule has 0 aliphatic heterocycles. The van der Waals surface area contributed by atoms with Crippen molar-refractivity contribution in [1.82, 2.24) is 0 Å². The lowest BCUT2D eigenvalue weighted by molar-refractivity contribution is 0.102. The molecule has 7 nitrogen and oxygen atoms in total. The van der Waals surface area contributed by atoms with Crippen LogP contribution in [0.15, 0.2) is 53.4 Å². The number of urea groups is 1. The number of hydrogen-bond donors (Lipinski definition) is 3. The molecule has 2 aromatic rings. The Labute approximate surface area is 146 Å². The Morgan fingerprint density at radius 3 is 2.16 bits per heavy atom. The number of benzene rings is 2. The highest BCUT2D eigenvalue weighted by Gasteiger charge is 2.25. The molecule has 0 heterocycles. The van der Waals surface area contributed by atoms with E-state index in [-0.39, 0.29) is 10.5 Å². The van der Waals surface area contributed by atoms with Crippen LogP contribution in [0.4, 0.5) is 16.2 Å². The van der Waals surface area contributed by atoms with E-state index in [0.29, 0.717) is 11.4 Å². The average molecular weight is 361 g/mol. The lowest BCUT2D eigenvalue weighted by atomic mass is 10.2. The molecule has 0 aliphatic rings. The molecule has 8 heteroatoms. The van der Waals surface area contributed by atoms with Crippen molar-refractivity contribution < 1.29 is 18.0 Å².